The lowest BCUT2D eigenvalue weighted by Gasteiger charge is -2.35. The molecule has 134 valence electrons. The van der Waals surface area contributed by atoms with Gasteiger partial charge in [-0.15, -0.1) is 0 Å². The molecule has 6 nitrogen and oxygen atoms in total. The van der Waals surface area contributed by atoms with Crippen LogP contribution in [0, 0.1) is 17.1 Å². The number of hydrogen-bond donors (Lipinski definition) is 1. The highest BCUT2D eigenvalue weighted by Gasteiger charge is 2.39. The van der Waals surface area contributed by atoms with E-state index in [1.807, 2.05) is 0 Å². The largest absolute Gasteiger partial charge is 0.334 e. The molecule has 0 radical (unpaired) electrons. The maximum atomic E-state index is 14.2. The number of benzene rings is 1. The van der Waals surface area contributed by atoms with E-state index in [4.69, 9.17) is 0 Å². The number of nitriles is 1. The van der Waals surface area contributed by atoms with Crippen LogP contribution in [0.2, 0.25) is 0 Å². The fourth-order valence-electron chi connectivity index (χ4n) is 3.17. The average Bonchev–Trinajstić information content (AvgIpc) is 2.59. The van der Waals surface area contributed by atoms with Gasteiger partial charge in [-0.3, -0.25) is 4.79 Å². The molecule has 1 N–H and O–H groups in total. The van der Waals surface area contributed by atoms with Crippen LogP contribution < -0.4 is 5.32 Å². The van der Waals surface area contributed by atoms with Gasteiger partial charge in [0.1, 0.15) is 16.3 Å². The zero-order valence-electron chi connectivity index (χ0n) is 13.8. The molecular weight excluding hydrogens is 345 g/mol. The van der Waals surface area contributed by atoms with Gasteiger partial charge in [0, 0.05) is 18.7 Å². The Morgan fingerprint density at radius 3 is 2.44 bits per heavy atom. The lowest BCUT2D eigenvalue weighted by atomic mass is 9.78. The Labute approximate surface area is 146 Å². The van der Waals surface area contributed by atoms with Crippen molar-refractivity contribution in [2.45, 2.75) is 49.0 Å². The van der Waals surface area contributed by atoms with Crippen molar-refractivity contribution in [3.8, 4) is 6.07 Å². The summed E-state index contributed by atoms with van der Waals surface area (Å²) in [5.74, 6) is -1.43. The van der Waals surface area contributed by atoms with E-state index in [-0.39, 0.29) is 5.56 Å². The highest BCUT2D eigenvalue weighted by molar-refractivity contribution is 7.89. The van der Waals surface area contributed by atoms with Gasteiger partial charge < -0.3 is 5.32 Å². The Morgan fingerprint density at radius 2 is 1.88 bits per heavy atom. The number of amides is 1. The van der Waals surface area contributed by atoms with E-state index in [9.17, 15) is 22.9 Å². The molecule has 25 heavy (non-hydrogen) atoms. The number of carbonyl (C=O) groups excluding carboxylic acids is 1. The summed E-state index contributed by atoms with van der Waals surface area (Å²) in [4.78, 5) is 11.9. The summed E-state index contributed by atoms with van der Waals surface area (Å²) in [5, 5.41) is 11.8. The number of halogens is 1. The van der Waals surface area contributed by atoms with Crippen molar-refractivity contribution in [1.82, 2.24) is 9.62 Å². The highest BCUT2D eigenvalue weighted by atomic mass is 32.2. The van der Waals surface area contributed by atoms with Crippen molar-refractivity contribution in [1.29, 1.82) is 5.26 Å². The topological polar surface area (TPSA) is 90.3 Å². The summed E-state index contributed by atoms with van der Waals surface area (Å²) in [6.45, 7) is 0.714. The Kier molecular flexibility index (Phi) is 4.80. The molecule has 0 spiro atoms. The minimum Gasteiger partial charge on any atom is -0.334 e. The molecule has 8 heteroatoms. The number of piperidine rings is 1. The quantitative estimate of drug-likeness (QED) is 0.885. The number of rotatable bonds is 4. The second-order valence-electron chi connectivity index (χ2n) is 6.61. The third kappa shape index (κ3) is 3.39. The van der Waals surface area contributed by atoms with Crippen LogP contribution in [0.3, 0.4) is 0 Å². The van der Waals surface area contributed by atoms with Crippen molar-refractivity contribution in [3.63, 3.8) is 0 Å². The molecule has 2 aliphatic rings. The Morgan fingerprint density at radius 1 is 1.20 bits per heavy atom. The van der Waals surface area contributed by atoms with Gasteiger partial charge in [-0.05, 0) is 50.3 Å². The summed E-state index contributed by atoms with van der Waals surface area (Å²) in [7, 11) is -3.98. The molecular formula is C17H20FN3O3S. The number of nitrogens with one attached hydrogen (secondary N) is 1. The first-order valence-electron chi connectivity index (χ1n) is 8.41. The molecule has 1 heterocycles. The molecule has 0 aromatic heterocycles. The molecule has 0 bridgehead atoms. The molecule has 1 amide bonds. The van der Waals surface area contributed by atoms with Gasteiger partial charge in [-0.2, -0.15) is 9.57 Å². The maximum Gasteiger partial charge on any atom is 0.252 e. The Hall–Kier alpha value is -1.98. The summed E-state index contributed by atoms with van der Waals surface area (Å²) in [6, 6.07) is 5.39. The minimum atomic E-state index is -3.98. The van der Waals surface area contributed by atoms with E-state index in [0.717, 1.165) is 37.8 Å². The van der Waals surface area contributed by atoms with Crippen molar-refractivity contribution < 1.29 is 17.6 Å². The summed E-state index contributed by atoms with van der Waals surface area (Å²) < 4.78 is 40.8. The summed E-state index contributed by atoms with van der Waals surface area (Å²) in [5.41, 5.74) is -0.851. The van der Waals surface area contributed by atoms with Crippen LogP contribution >= 0.6 is 0 Å². The summed E-state index contributed by atoms with van der Waals surface area (Å²) in [6.07, 6.45) is 4.42. The molecule has 1 saturated heterocycles. The van der Waals surface area contributed by atoms with E-state index in [1.54, 1.807) is 0 Å². The van der Waals surface area contributed by atoms with Crippen molar-refractivity contribution in [3.05, 3.63) is 29.6 Å². The van der Waals surface area contributed by atoms with Gasteiger partial charge in [0.25, 0.3) is 5.91 Å². The van der Waals surface area contributed by atoms with Gasteiger partial charge in [0.05, 0.1) is 6.07 Å². The van der Waals surface area contributed by atoms with E-state index < -0.39 is 32.2 Å². The highest BCUT2D eigenvalue weighted by Crippen LogP contribution is 2.31. The minimum absolute atomic E-state index is 0.0403. The monoisotopic (exact) mass is 365 g/mol. The lowest BCUT2D eigenvalue weighted by Crippen LogP contribution is -2.52. The molecule has 2 fully saturated rings. The number of sulfonamides is 1. The number of nitrogens with zero attached hydrogens (tertiary/aromatic N) is 2. The van der Waals surface area contributed by atoms with Crippen LogP contribution in [0.5, 0.6) is 0 Å². The normalized spacial score (nSPS) is 20.3. The third-order valence-corrected chi connectivity index (χ3v) is 6.81. The van der Waals surface area contributed by atoms with Crippen molar-refractivity contribution in [2.24, 2.45) is 0 Å². The van der Waals surface area contributed by atoms with Gasteiger partial charge in [0.15, 0.2) is 0 Å². The van der Waals surface area contributed by atoms with E-state index in [0.29, 0.717) is 25.9 Å². The molecule has 0 unspecified atom stereocenters. The number of carbonyl (C=O) groups is 1. The number of hydrogen-bond acceptors (Lipinski definition) is 4. The summed E-state index contributed by atoms with van der Waals surface area (Å²) >= 11 is 0. The molecule has 0 atom stereocenters. The van der Waals surface area contributed by atoms with Crippen LogP contribution in [0.1, 0.15) is 48.9 Å². The molecule has 1 aromatic rings. The molecule has 1 aliphatic heterocycles. The zero-order valence-corrected chi connectivity index (χ0v) is 14.6. The smallest absolute Gasteiger partial charge is 0.252 e. The second kappa shape index (κ2) is 6.73. The Balaban J connectivity index is 1.88. The van der Waals surface area contributed by atoms with Crippen LogP contribution in [0.25, 0.3) is 0 Å². The lowest BCUT2D eigenvalue weighted by molar-refractivity contribution is 0.0881. The van der Waals surface area contributed by atoms with Crippen molar-refractivity contribution >= 4 is 15.9 Å². The predicted molar refractivity (Wildman–Crippen MR) is 88.7 cm³/mol. The van der Waals surface area contributed by atoms with Crippen molar-refractivity contribution in [2.75, 3.05) is 13.1 Å². The van der Waals surface area contributed by atoms with Crippen LogP contribution in [-0.4, -0.2) is 37.3 Å². The van der Waals surface area contributed by atoms with Gasteiger partial charge in [-0.1, -0.05) is 6.42 Å². The molecule has 1 aromatic carbocycles. The maximum absolute atomic E-state index is 14.2. The van der Waals surface area contributed by atoms with Gasteiger partial charge >= 0.3 is 0 Å². The SMILES string of the molecule is N#CC1(NC(=O)c2ccc(F)c(S(=O)(=O)N3CCCCC3)c2)CCC1. The van der Waals surface area contributed by atoms with E-state index in [2.05, 4.69) is 11.4 Å². The molecule has 1 saturated carbocycles. The zero-order chi connectivity index (χ0) is 18.1. The Bertz CT molecular complexity index is 822. The van der Waals surface area contributed by atoms with Gasteiger partial charge in [0.2, 0.25) is 10.0 Å². The van der Waals surface area contributed by atoms with Crippen LogP contribution in [0.4, 0.5) is 4.39 Å². The molecule has 3 rings (SSSR count). The van der Waals surface area contributed by atoms with Gasteiger partial charge in [-0.25, -0.2) is 12.8 Å². The first-order valence-corrected chi connectivity index (χ1v) is 9.85. The van der Waals surface area contributed by atoms with E-state index in [1.165, 1.54) is 10.4 Å². The predicted octanol–water partition coefficient (Wildman–Crippen LogP) is 2.18. The standard InChI is InChI=1S/C17H20FN3O3S/c18-14-6-5-13(16(22)20-17(12-19)7-4-8-17)11-15(14)25(23,24)21-9-2-1-3-10-21/h5-6,11H,1-4,7-10H2,(H,20,22). The average molecular weight is 365 g/mol. The van der Waals surface area contributed by atoms with Crippen LogP contribution in [0.15, 0.2) is 23.1 Å². The van der Waals surface area contributed by atoms with E-state index >= 15 is 0 Å². The second-order valence-corrected chi connectivity index (χ2v) is 8.52. The molecule has 1 aliphatic carbocycles. The van der Waals surface area contributed by atoms with Crippen LogP contribution in [-0.2, 0) is 10.0 Å². The fourth-order valence-corrected chi connectivity index (χ4v) is 4.78. The fraction of sp³-hybridized carbons (Fsp3) is 0.529. The first kappa shape index (κ1) is 17.8. The third-order valence-electron chi connectivity index (χ3n) is 4.90. The first-order chi connectivity index (χ1) is 11.9.